The van der Waals surface area contributed by atoms with Gasteiger partial charge in [0.15, 0.2) is 5.78 Å². The van der Waals surface area contributed by atoms with Crippen molar-refractivity contribution in [1.82, 2.24) is 0 Å². The first-order valence-electron chi connectivity index (χ1n) is 5.55. The minimum absolute atomic E-state index is 0.0195. The summed E-state index contributed by atoms with van der Waals surface area (Å²) in [4.78, 5) is 10.8. The fraction of sp³-hybridized carbons (Fsp3) is 0.133. The van der Waals surface area contributed by atoms with Gasteiger partial charge in [0.1, 0.15) is 11.5 Å². The van der Waals surface area contributed by atoms with Gasteiger partial charge in [0.25, 0.3) is 0 Å². The van der Waals surface area contributed by atoms with Gasteiger partial charge >= 0.3 is 0 Å². The molecule has 2 heteroatoms. The number of allylic oxidation sites excluding steroid dienone is 1. The highest BCUT2D eigenvalue weighted by Gasteiger charge is 2.01. The van der Waals surface area contributed by atoms with Gasteiger partial charge in [-0.3, -0.25) is 4.79 Å². The summed E-state index contributed by atoms with van der Waals surface area (Å²) in [5.41, 5.74) is 1.21. The molecule has 0 atom stereocenters. The molecule has 0 aliphatic heterocycles. The second-order valence-corrected chi connectivity index (χ2v) is 3.91. The van der Waals surface area contributed by atoms with Crippen molar-refractivity contribution in [3.63, 3.8) is 0 Å². The highest BCUT2D eigenvalue weighted by Crippen LogP contribution is 2.14. The topological polar surface area (TPSA) is 30.2 Å². The largest absolute Gasteiger partial charge is 0.461 e. The SMILES string of the molecule is CC(=O)/C=C\c1ccc(Cc2ccccc2)o1. The highest BCUT2D eigenvalue weighted by atomic mass is 16.3. The molecular weight excluding hydrogens is 212 g/mol. The van der Waals surface area contributed by atoms with Crippen LogP contribution in [0, 0.1) is 0 Å². The molecule has 86 valence electrons. The fourth-order valence-corrected chi connectivity index (χ4v) is 1.58. The van der Waals surface area contributed by atoms with Crippen LogP contribution in [0.5, 0.6) is 0 Å². The van der Waals surface area contributed by atoms with Gasteiger partial charge < -0.3 is 4.42 Å². The molecule has 0 saturated heterocycles. The van der Waals surface area contributed by atoms with Crippen LogP contribution in [-0.4, -0.2) is 5.78 Å². The van der Waals surface area contributed by atoms with Gasteiger partial charge in [-0.05, 0) is 36.8 Å². The van der Waals surface area contributed by atoms with Gasteiger partial charge in [-0.1, -0.05) is 30.3 Å². The number of benzene rings is 1. The van der Waals surface area contributed by atoms with E-state index in [0.717, 1.165) is 12.2 Å². The molecule has 2 aromatic rings. The first-order valence-corrected chi connectivity index (χ1v) is 5.55. The van der Waals surface area contributed by atoms with Gasteiger partial charge in [-0.2, -0.15) is 0 Å². The van der Waals surface area contributed by atoms with Crippen molar-refractivity contribution in [3.05, 3.63) is 65.6 Å². The normalized spacial score (nSPS) is 10.9. The maximum atomic E-state index is 10.8. The summed E-state index contributed by atoms with van der Waals surface area (Å²) in [5.74, 6) is 1.64. The lowest BCUT2D eigenvalue weighted by molar-refractivity contribution is -0.112. The molecule has 1 heterocycles. The van der Waals surface area contributed by atoms with Crippen LogP contribution >= 0.6 is 0 Å². The van der Waals surface area contributed by atoms with Crippen LogP contribution in [0.3, 0.4) is 0 Å². The predicted octanol–water partition coefficient (Wildman–Crippen LogP) is 3.47. The monoisotopic (exact) mass is 226 g/mol. The molecule has 0 fully saturated rings. The van der Waals surface area contributed by atoms with E-state index in [2.05, 4.69) is 12.1 Å². The Kier molecular flexibility index (Phi) is 3.55. The van der Waals surface area contributed by atoms with E-state index in [1.807, 2.05) is 30.3 Å². The Morgan fingerprint density at radius 1 is 1.18 bits per heavy atom. The Hall–Kier alpha value is -2.09. The summed E-state index contributed by atoms with van der Waals surface area (Å²) in [6.07, 6.45) is 3.97. The Balaban J connectivity index is 2.06. The Morgan fingerprint density at radius 2 is 1.94 bits per heavy atom. The number of rotatable bonds is 4. The quantitative estimate of drug-likeness (QED) is 0.747. The molecule has 0 bridgehead atoms. The maximum Gasteiger partial charge on any atom is 0.152 e. The van der Waals surface area contributed by atoms with E-state index in [4.69, 9.17) is 4.42 Å². The summed E-state index contributed by atoms with van der Waals surface area (Å²) < 4.78 is 5.60. The van der Waals surface area contributed by atoms with Gasteiger partial charge in [-0.15, -0.1) is 0 Å². The average molecular weight is 226 g/mol. The molecule has 0 spiro atoms. The van der Waals surface area contributed by atoms with Crippen molar-refractivity contribution >= 4 is 11.9 Å². The standard InChI is InChI=1S/C15H14O2/c1-12(16)7-8-14-9-10-15(17-14)11-13-5-3-2-4-6-13/h2-10H,11H2,1H3/b8-7-. The molecule has 0 radical (unpaired) electrons. The number of carbonyl (C=O) groups is 1. The first-order chi connectivity index (χ1) is 8.24. The summed E-state index contributed by atoms with van der Waals surface area (Å²) >= 11 is 0. The number of furan rings is 1. The Bertz CT molecular complexity index is 521. The lowest BCUT2D eigenvalue weighted by atomic mass is 10.1. The third-order valence-electron chi connectivity index (χ3n) is 2.39. The third-order valence-corrected chi connectivity index (χ3v) is 2.39. The second-order valence-electron chi connectivity index (χ2n) is 3.91. The lowest BCUT2D eigenvalue weighted by Gasteiger charge is -1.96. The Morgan fingerprint density at radius 3 is 2.65 bits per heavy atom. The first kappa shape index (κ1) is 11.4. The van der Waals surface area contributed by atoms with Crippen LogP contribution in [0.4, 0.5) is 0 Å². The van der Waals surface area contributed by atoms with Crippen molar-refractivity contribution in [1.29, 1.82) is 0 Å². The maximum absolute atomic E-state index is 10.8. The smallest absolute Gasteiger partial charge is 0.152 e. The molecule has 17 heavy (non-hydrogen) atoms. The van der Waals surface area contributed by atoms with Crippen LogP contribution in [-0.2, 0) is 11.2 Å². The van der Waals surface area contributed by atoms with E-state index in [-0.39, 0.29) is 5.78 Å². The fourth-order valence-electron chi connectivity index (χ4n) is 1.58. The zero-order valence-corrected chi connectivity index (χ0v) is 9.72. The van der Waals surface area contributed by atoms with Crippen LogP contribution in [0.15, 0.2) is 53.0 Å². The van der Waals surface area contributed by atoms with Gasteiger partial charge in [0, 0.05) is 6.42 Å². The lowest BCUT2D eigenvalue weighted by Crippen LogP contribution is -1.83. The van der Waals surface area contributed by atoms with Crippen LogP contribution in [0.1, 0.15) is 24.0 Å². The minimum atomic E-state index is 0.0195. The number of carbonyl (C=O) groups excluding carboxylic acids is 1. The third kappa shape index (κ3) is 3.45. The molecule has 0 N–H and O–H groups in total. The number of hydrogen-bond acceptors (Lipinski definition) is 2. The highest BCUT2D eigenvalue weighted by molar-refractivity contribution is 5.91. The van der Waals surface area contributed by atoms with Crippen molar-refractivity contribution in [2.45, 2.75) is 13.3 Å². The molecule has 0 amide bonds. The summed E-state index contributed by atoms with van der Waals surface area (Å²) in [6, 6.07) is 13.9. The molecule has 0 unspecified atom stereocenters. The van der Waals surface area contributed by atoms with Crippen LogP contribution in [0.2, 0.25) is 0 Å². The van der Waals surface area contributed by atoms with Crippen LogP contribution < -0.4 is 0 Å². The van der Waals surface area contributed by atoms with Gasteiger partial charge in [0.05, 0.1) is 0 Å². The molecule has 0 aliphatic rings. The predicted molar refractivity (Wildman–Crippen MR) is 67.7 cm³/mol. The minimum Gasteiger partial charge on any atom is -0.461 e. The molecule has 2 nitrogen and oxygen atoms in total. The van der Waals surface area contributed by atoms with Crippen molar-refractivity contribution < 1.29 is 9.21 Å². The summed E-state index contributed by atoms with van der Waals surface area (Å²) in [5, 5.41) is 0. The van der Waals surface area contributed by atoms with E-state index >= 15 is 0 Å². The van der Waals surface area contributed by atoms with Crippen molar-refractivity contribution in [3.8, 4) is 0 Å². The number of hydrogen-bond donors (Lipinski definition) is 0. The van der Waals surface area contributed by atoms with E-state index in [0.29, 0.717) is 5.76 Å². The Labute approximate surface area is 101 Å². The zero-order chi connectivity index (χ0) is 12.1. The van der Waals surface area contributed by atoms with Crippen LogP contribution in [0.25, 0.3) is 6.08 Å². The van der Waals surface area contributed by atoms with E-state index in [9.17, 15) is 4.79 Å². The summed E-state index contributed by atoms with van der Waals surface area (Å²) in [6.45, 7) is 1.52. The van der Waals surface area contributed by atoms with E-state index < -0.39 is 0 Å². The van der Waals surface area contributed by atoms with E-state index in [1.165, 1.54) is 18.6 Å². The van der Waals surface area contributed by atoms with E-state index in [1.54, 1.807) is 6.08 Å². The zero-order valence-electron chi connectivity index (χ0n) is 9.72. The molecule has 2 rings (SSSR count). The second kappa shape index (κ2) is 5.30. The van der Waals surface area contributed by atoms with Gasteiger partial charge in [-0.25, -0.2) is 0 Å². The number of ketones is 1. The molecule has 0 saturated carbocycles. The molecule has 1 aromatic heterocycles. The molecule has 1 aromatic carbocycles. The molecule has 0 aliphatic carbocycles. The van der Waals surface area contributed by atoms with Crippen molar-refractivity contribution in [2.24, 2.45) is 0 Å². The summed E-state index contributed by atoms with van der Waals surface area (Å²) in [7, 11) is 0. The average Bonchev–Trinajstić information content (AvgIpc) is 2.75. The molecular formula is C15H14O2. The van der Waals surface area contributed by atoms with Gasteiger partial charge in [0.2, 0.25) is 0 Å². The van der Waals surface area contributed by atoms with Crippen molar-refractivity contribution in [2.75, 3.05) is 0 Å².